The Morgan fingerprint density at radius 3 is 2.57 bits per heavy atom. The van der Waals surface area contributed by atoms with Gasteiger partial charge in [0.2, 0.25) is 0 Å². The highest BCUT2D eigenvalue weighted by atomic mass is 32.2. The number of nitrogens with zero attached hydrogens (tertiary/aromatic N) is 3. The van der Waals surface area contributed by atoms with E-state index in [1.807, 2.05) is 0 Å². The van der Waals surface area contributed by atoms with Crippen molar-refractivity contribution in [2.24, 2.45) is 0 Å². The van der Waals surface area contributed by atoms with Crippen LogP contribution in [0.5, 0.6) is 0 Å². The topological polar surface area (TPSA) is 30.7 Å². The lowest BCUT2D eigenvalue weighted by molar-refractivity contribution is -0.137. The van der Waals surface area contributed by atoms with E-state index in [4.69, 9.17) is 0 Å². The molecule has 126 valence electrons. The minimum atomic E-state index is -4.31. The number of thioether (sulfide) groups is 1. The number of hydrogen-bond acceptors (Lipinski definition) is 3. The number of benzene rings is 1. The fourth-order valence-corrected chi connectivity index (χ4v) is 3.17. The van der Waals surface area contributed by atoms with Crippen LogP contribution < -0.4 is 0 Å². The summed E-state index contributed by atoms with van der Waals surface area (Å²) in [6, 6.07) is 5.42. The first-order valence-electron chi connectivity index (χ1n) is 7.55. The first-order chi connectivity index (χ1) is 10.8. The predicted molar refractivity (Wildman–Crippen MR) is 85.4 cm³/mol. The molecular weight excluding hydrogens is 323 g/mol. The highest BCUT2D eigenvalue weighted by Gasteiger charge is 2.30. The van der Waals surface area contributed by atoms with Crippen molar-refractivity contribution < 1.29 is 13.2 Å². The molecule has 0 saturated carbocycles. The molecule has 2 aromatic rings. The zero-order valence-corrected chi connectivity index (χ0v) is 14.2. The smallest absolute Gasteiger partial charge is 0.306 e. The Labute approximate surface area is 138 Å². The van der Waals surface area contributed by atoms with E-state index >= 15 is 0 Å². The van der Waals surface area contributed by atoms with E-state index < -0.39 is 11.7 Å². The van der Waals surface area contributed by atoms with Crippen LogP contribution in [0.3, 0.4) is 0 Å². The Hall–Kier alpha value is -1.50. The Morgan fingerprint density at radius 2 is 1.96 bits per heavy atom. The largest absolute Gasteiger partial charge is 0.416 e. The van der Waals surface area contributed by atoms with Gasteiger partial charge in [0.15, 0.2) is 5.16 Å². The van der Waals surface area contributed by atoms with E-state index in [1.54, 1.807) is 6.07 Å². The summed E-state index contributed by atoms with van der Waals surface area (Å²) >= 11 is 1.42. The minimum absolute atomic E-state index is 0.261. The molecule has 0 aliphatic carbocycles. The fourth-order valence-electron chi connectivity index (χ4n) is 2.25. The number of hydrogen-bond donors (Lipinski definition) is 0. The van der Waals surface area contributed by atoms with E-state index in [0.717, 1.165) is 30.0 Å². The molecule has 2 rings (SSSR count). The zero-order valence-electron chi connectivity index (χ0n) is 13.4. The van der Waals surface area contributed by atoms with E-state index in [9.17, 15) is 13.2 Å². The molecule has 0 bridgehead atoms. The van der Waals surface area contributed by atoms with Crippen molar-refractivity contribution in [3.8, 4) is 0 Å². The van der Waals surface area contributed by atoms with E-state index in [0.29, 0.717) is 11.3 Å². The van der Waals surface area contributed by atoms with Gasteiger partial charge in [-0.25, -0.2) is 0 Å². The molecule has 0 atom stereocenters. The first kappa shape index (κ1) is 17.8. The first-order valence-corrected chi connectivity index (χ1v) is 8.53. The molecule has 1 heterocycles. The molecule has 0 amide bonds. The van der Waals surface area contributed by atoms with Crippen molar-refractivity contribution in [2.45, 2.75) is 56.7 Å². The summed E-state index contributed by atoms with van der Waals surface area (Å²) in [4.78, 5) is 0. The van der Waals surface area contributed by atoms with Crippen molar-refractivity contribution in [1.82, 2.24) is 14.8 Å². The number of alkyl halides is 3. The Morgan fingerprint density at radius 1 is 1.22 bits per heavy atom. The van der Waals surface area contributed by atoms with Crippen molar-refractivity contribution in [1.29, 1.82) is 0 Å². The average molecular weight is 343 g/mol. The number of rotatable bonds is 6. The summed E-state index contributed by atoms with van der Waals surface area (Å²) in [6.07, 6.45) is -3.36. The molecule has 0 radical (unpaired) electrons. The van der Waals surface area contributed by atoms with Gasteiger partial charge >= 0.3 is 6.18 Å². The van der Waals surface area contributed by atoms with Gasteiger partial charge in [-0.15, -0.1) is 10.2 Å². The van der Waals surface area contributed by atoms with E-state index in [-0.39, 0.29) is 5.92 Å². The van der Waals surface area contributed by atoms with Crippen LogP contribution in [-0.4, -0.2) is 14.8 Å². The van der Waals surface area contributed by atoms with Gasteiger partial charge in [-0.3, -0.25) is 0 Å². The van der Waals surface area contributed by atoms with Crippen molar-refractivity contribution >= 4 is 11.8 Å². The monoisotopic (exact) mass is 343 g/mol. The van der Waals surface area contributed by atoms with Crippen molar-refractivity contribution in [2.75, 3.05) is 0 Å². The summed E-state index contributed by atoms with van der Waals surface area (Å²) in [5.41, 5.74) is 0.00969. The molecule has 7 heteroatoms. The summed E-state index contributed by atoms with van der Waals surface area (Å²) < 4.78 is 40.3. The highest BCUT2D eigenvalue weighted by Crippen LogP contribution is 2.31. The Kier molecular flexibility index (Phi) is 5.73. The molecule has 3 nitrogen and oxygen atoms in total. The van der Waals surface area contributed by atoms with Crippen LogP contribution in [0.4, 0.5) is 13.2 Å². The molecule has 0 fully saturated rings. The summed E-state index contributed by atoms with van der Waals surface area (Å²) in [5.74, 6) is 1.61. The van der Waals surface area contributed by atoms with Gasteiger partial charge in [0, 0.05) is 18.2 Å². The third kappa shape index (κ3) is 4.50. The normalized spacial score (nSPS) is 12.1. The molecule has 0 aliphatic heterocycles. The standard InChI is InChI=1S/C16H20F3N3S/c1-4-8-22-14(11(2)3)20-21-15(22)23-10-12-6-5-7-13(9-12)16(17,18)19/h5-7,9,11H,4,8,10H2,1-3H3. The van der Waals surface area contributed by atoms with Gasteiger partial charge in [-0.2, -0.15) is 13.2 Å². The van der Waals surface area contributed by atoms with Gasteiger partial charge in [0.05, 0.1) is 5.56 Å². The van der Waals surface area contributed by atoms with E-state index in [1.165, 1.54) is 23.9 Å². The summed E-state index contributed by atoms with van der Waals surface area (Å²) in [7, 11) is 0. The molecule has 0 saturated heterocycles. The van der Waals surface area contributed by atoms with Crippen LogP contribution in [0, 0.1) is 0 Å². The van der Waals surface area contributed by atoms with Gasteiger partial charge in [0.25, 0.3) is 0 Å². The maximum Gasteiger partial charge on any atom is 0.416 e. The maximum absolute atomic E-state index is 12.8. The summed E-state index contributed by atoms with van der Waals surface area (Å²) in [6.45, 7) is 6.99. The predicted octanol–water partition coefficient (Wildman–Crippen LogP) is 5.12. The Bertz CT molecular complexity index is 650. The lowest BCUT2D eigenvalue weighted by Gasteiger charge is -2.11. The SMILES string of the molecule is CCCn1c(SCc2cccc(C(F)(F)F)c2)nnc1C(C)C. The van der Waals surface area contributed by atoms with Crippen LogP contribution in [-0.2, 0) is 18.5 Å². The minimum Gasteiger partial charge on any atom is -0.306 e. The quantitative estimate of drug-likeness (QED) is 0.682. The van der Waals surface area contributed by atoms with Crippen molar-refractivity contribution in [3.05, 3.63) is 41.2 Å². The Balaban J connectivity index is 2.15. The van der Waals surface area contributed by atoms with Gasteiger partial charge in [-0.05, 0) is 18.1 Å². The van der Waals surface area contributed by atoms with Crippen LogP contribution in [0.25, 0.3) is 0 Å². The average Bonchev–Trinajstić information content (AvgIpc) is 2.88. The molecule has 23 heavy (non-hydrogen) atoms. The third-order valence-corrected chi connectivity index (χ3v) is 4.37. The molecule has 0 spiro atoms. The van der Waals surface area contributed by atoms with Crippen LogP contribution in [0.15, 0.2) is 29.4 Å². The fraction of sp³-hybridized carbons (Fsp3) is 0.500. The second kappa shape index (κ2) is 7.38. The van der Waals surface area contributed by atoms with Gasteiger partial charge in [0.1, 0.15) is 5.82 Å². The highest BCUT2D eigenvalue weighted by molar-refractivity contribution is 7.98. The van der Waals surface area contributed by atoms with Gasteiger partial charge < -0.3 is 4.57 Å². The number of aromatic nitrogens is 3. The third-order valence-electron chi connectivity index (χ3n) is 3.33. The molecule has 0 N–H and O–H groups in total. The molecule has 1 aromatic carbocycles. The van der Waals surface area contributed by atoms with Gasteiger partial charge in [-0.1, -0.05) is 50.7 Å². The van der Waals surface area contributed by atoms with Crippen LogP contribution in [0.2, 0.25) is 0 Å². The maximum atomic E-state index is 12.8. The van der Waals surface area contributed by atoms with Crippen LogP contribution in [0.1, 0.15) is 50.1 Å². The molecule has 0 aliphatic rings. The lowest BCUT2D eigenvalue weighted by Crippen LogP contribution is -2.06. The summed E-state index contributed by atoms with van der Waals surface area (Å²) in [5, 5.41) is 9.17. The van der Waals surface area contributed by atoms with Crippen LogP contribution >= 0.6 is 11.8 Å². The molecule has 1 aromatic heterocycles. The number of halogens is 3. The second-order valence-electron chi connectivity index (χ2n) is 5.63. The second-order valence-corrected chi connectivity index (χ2v) is 6.58. The van der Waals surface area contributed by atoms with Crippen molar-refractivity contribution in [3.63, 3.8) is 0 Å². The van der Waals surface area contributed by atoms with E-state index in [2.05, 4.69) is 35.5 Å². The zero-order chi connectivity index (χ0) is 17.0. The lowest BCUT2D eigenvalue weighted by atomic mass is 10.1. The molecular formula is C16H20F3N3S. The molecule has 0 unspecified atom stereocenters.